The van der Waals surface area contributed by atoms with E-state index in [1.54, 1.807) is 4.90 Å². The molecule has 0 spiro atoms. The van der Waals surface area contributed by atoms with E-state index in [1.165, 1.54) is 21.9 Å². The highest BCUT2D eigenvalue weighted by atomic mass is 35.5. The van der Waals surface area contributed by atoms with Crippen LogP contribution in [0.3, 0.4) is 0 Å². The SMILES string of the molecule is Cc1ccc(N2C[C@H](C(=O)N3CCC(c4c[nH]c5ccccc45)(c4c[nH]c5ccccc45)CC3)CC2=O)c(Cl)c1. The smallest absolute Gasteiger partial charge is 0.228 e. The molecule has 3 aromatic carbocycles. The number of carbonyl (C=O) groups excluding carboxylic acids is 2. The van der Waals surface area contributed by atoms with Gasteiger partial charge in [-0.05, 0) is 60.7 Å². The first-order valence-electron chi connectivity index (χ1n) is 13.9. The third-order valence-electron chi connectivity index (χ3n) is 9.01. The fraction of sp³-hybridized carbons (Fsp3) is 0.273. The third kappa shape index (κ3) is 3.93. The topological polar surface area (TPSA) is 72.2 Å². The van der Waals surface area contributed by atoms with E-state index in [4.69, 9.17) is 11.6 Å². The van der Waals surface area contributed by atoms with Crippen LogP contribution in [-0.4, -0.2) is 46.3 Å². The normalized spacial score (nSPS) is 19.1. The van der Waals surface area contributed by atoms with Gasteiger partial charge in [0, 0.05) is 65.7 Å². The van der Waals surface area contributed by atoms with Crippen LogP contribution in [0.5, 0.6) is 0 Å². The molecule has 0 radical (unpaired) electrons. The maximum atomic E-state index is 13.8. The van der Waals surface area contributed by atoms with Gasteiger partial charge >= 0.3 is 0 Å². The molecule has 0 unspecified atom stereocenters. The van der Waals surface area contributed by atoms with Crippen molar-refractivity contribution in [2.24, 2.45) is 5.92 Å². The molecular weight excluding hydrogens is 520 g/mol. The van der Waals surface area contributed by atoms with Crippen LogP contribution >= 0.6 is 11.6 Å². The highest BCUT2D eigenvalue weighted by Gasteiger charge is 2.44. The summed E-state index contributed by atoms with van der Waals surface area (Å²) in [7, 11) is 0. The van der Waals surface area contributed by atoms with Crippen molar-refractivity contribution in [2.75, 3.05) is 24.5 Å². The Bertz CT molecular complexity index is 1680. The zero-order valence-electron chi connectivity index (χ0n) is 22.4. The molecule has 202 valence electrons. The van der Waals surface area contributed by atoms with Gasteiger partial charge in [0.05, 0.1) is 16.6 Å². The Kier molecular flexibility index (Phi) is 5.97. The Morgan fingerprint density at radius 1 is 0.900 bits per heavy atom. The summed E-state index contributed by atoms with van der Waals surface area (Å²) < 4.78 is 0. The van der Waals surface area contributed by atoms with Gasteiger partial charge in [-0.3, -0.25) is 9.59 Å². The predicted octanol–water partition coefficient (Wildman–Crippen LogP) is 6.57. The Balaban J connectivity index is 1.18. The maximum absolute atomic E-state index is 13.8. The minimum absolute atomic E-state index is 0.0481. The van der Waals surface area contributed by atoms with Gasteiger partial charge in [0.1, 0.15) is 0 Å². The van der Waals surface area contributed by atoms with Gasteiger partial charge in [-0.15, -0.1) is 0 Å². The van der Waals surface area contributed by atoms with Gasteiger partial charge in [0.2, 0.25) is 11.8 Å². The summed E-state index contributed by atoms with van der Waals surface area (Å²) in [6.45, 7) is 3.60. The Hall–Kier alpha value is -4.03. The van der Waals surface area contributed by atoms with Gasteiger partial charge in [0.15, 0.2) is 0 Å². The Morgan fingerprint density at radius 2 is 1.50 bits per heavy atom. The molecule has 6 nitrogen and oxygen atoms in total. The lowest BCUT2D eigenvalue weighted by Crippen LogP contribution is -2.47. The van der Waals surface area contributed by atoms with E-state index in [1.807, 2.05) is 30.0 Å². The molecule has 1 atom stereocenters. The molecule has 2 N–H and O–H groups in total. The van der Waals surface area contributed by atoms with E-state index in [0.717, 1.165) is 29.4 Å². The fourth-order valence-electron chi connectivity index (χ4n) is 6.92. The molecule has 0 saturated carbocycles. The number of aryl methyl sites for hydroxylation is 1. The summed E-state index contributed by atoms with van der Waals surface area (Å²) in [5.74, 6) is -0.350. The molecule has 7 heteroatoms. The molecule has 40 heavy (non-hydrogen) atoms. The molecule has 2 fully saturated rings. The number of benzene rings is 3. The van der Waals surface area contributed by atoms with Crippen molar-refractivity contribution in [2.45, 2.75) is 31.6 Å². The van der Waals surface area contributed by atoms with Gasteiger partial charge in [-0.2, -0.15) is 0 Å². The van der Waals surface area contributed by atoms with E-state index in [0.29, 0.717) is 30.3 Å². The fourth-order valence-corrected chi connectivity index (χ4v) is 7.26. The van der Waals surface area contributed by atoms with Crippen molar-refractivity contribution in [3.63, 3.8) is 0 Å². The number of hydrogen-bond acceptors (Lipinski definition) is 2. The van der Waals surface area contributed by atoms with Crippen LogP contribution in [0.2, 0.25) is 5.02 Å². The molecule has 2 aliphatic rings. The number of aromatic amines is 2. The van der Waals surface area contributed by atoms with Crippen LogP contribution in [0.25, 0.3) is 21.8 Å². The van der Waals surface area contributed by atoms with E-state index in [9.17, 15) is 9.59 Å². The molecule has 2 aromatic heterocycles. The summed E-state index contributed by atoms with van der Waals surface area (Å²) in [5.41, 5.74) is 6.26. The number of amides is 2. The number of para-hydroxylation sites is 2. The van der Waals surface area contributed by atoms with E-state index < -0.39 is 0 Å². The lowest BCUT2D eigenvalue weighted by molar-refractivity contribution is -0.137. The Morgan fingerprint density at radius 3 is 2.10 bits per heavy atom. The quantitative estimate of drug-likeness (QED) is 0.265. The molecule has 4 heterocycles. The summed E-state index contributed by atoms with van der Waals surface area (Å²) in [5, 5.41) is 2.99. The number of halogens is 1. The lowest BCUT2D eigenvalue weighted by Gasteiger charge is -2.43. The summed E-state index contributed by atoms with van der Waals surface area (Å²) in [6, 6.07) is 22.6. The van der Waals surface area contributed by atoms with Gasteiger partial charge in [0.25, 0.3) is 0 Å². The van der Waals surface area contributed by atoms with Crippen molar-refractivity contribution in [3.05, 3.63) is 101 Å². The van der Waals surface area contributed by atoms with Crippen LogP contribution in [-0.2, 0) is 15.0 Å². The number of nitrogens with zero attached hydrogens (tertiary/aromatic N) is 2. The molecule has 2 aliphatic heterocycles. The van der Waals surface area contributed by atoms with Gasteiger partial charge in [-0.25, -0.2) is 0 Å². The average molecular weight is 551 g/mol. The number of rotatable bonds is 4. The monoisotopic (exact) mass is 550 g/mol. The van der Waals surface area contributed by atoms with E-state index in [2.05, 4.69) is 70.9 Å². The number of aromatic nitrogens is 2. The van der Waals surface area contributed by atoms with Crippen LogP contribution < -0.4 is 4.90 Å². The van der Waals surface area contributed by atoms with Crippen molar-refractivity contribution < 1.29 is 9.59 Å². The second kappa shape index (κ2) is 9.56. The molecule has 0 bridgehead atoms. The number of piperidine rings is 1. The number of carbonyl (C=O) groups is 2. The minimum Gasteiger partial charge on any atom is -0.361 e. The number of fused-ring (bicyclic) bond motifs is 2. The summed E-state index contributed by atoms with van der Waals surface area (Å²) in [4.78, 5) is 37.4. The second-order valence-corrected chi connectivity index (χ2v) is 11.7. The Labute approximate surface area is 237 Å². The molecule has 2 amide bonds. The minimum atomic E-state index is -0.362. The van der Waals surface area contributed by atoms with Gasteiger partial charge in [-0.1, -0.05) is 54.1 Å². The highest BCUT2D eigenvalue weighted by molar-refractivity contribution is 6.34. The largest absolute Gasteiger partial charge is 0.361 e. The zero-order valence-corrected chi connectivity index (χ0v) is 23.2. The molecule has 7 rings (SSSR count). The molecule has 0 aliphatic carbocycles. The van der Waals surface area contributed by atoms with E-state index >= 15 is 0 Å². The number of anilines is 1. The van der Waals surface area contributed by atoms with E-state index in [-0.39, 0.29) is 29.6 Å². The predicted molar refractivity (Wildman–Crippen MR) is 160 cm³/mol. The molecule has 2 saturated heterocycles. The van der Waals surface area contributed by atoms with Crippen LogP contribution in [0.4, 0.5) is 5.69 Å². The highest BCUT2D eigenvalue weighted by Crippen LogP contribution is 2.47. The molecular formula is C33H31ClN4O2. The van der Waals surface area contributed by atoms with Crippen molar-refractivity contribution in [1.29, 1.82) is 0 Å². The van der Waals surface area contributed by atoms with Crippen molar-refractivity contribution in [1.82, 2.24) is 14.9 Å². The third-order valence-corrected chi connectivity index (χ3v) is 9.31. The number of H-pyrrole nitrogens is 2. The number of hydrogen-bond donors (Lipinski definition) is 2. The van der Waals surface area contributed by atoms with Crippen LogP contribution in [0.15, 0.2) is 79.1 Å². The lowest BCUT2D eigenvalue weighted by atomic mass is 9.67. The molecule has 5 aromatic rings. The number of likely N-dealkylation sites (tertiary alicyclic amines) is 1. The summed E-state index contributed by atoms with van der Waals surface area (Å²) in [6.07, 6.45) is 6.13. The van der Waals surface area contributed by atoms with Gasteiger partial charge < -0.3 is 19.8 Å². The summed E-state index contributed by atoms with van der Waals surface area (Å²) >= 11 is 6.47. The van der Waals surface area contributed by atoms with Crippen LogP contribution in [0, 0.1) is 12.8 Å². The van der Waals surface area contributed by atoms with Crippen molar-refractivity contribution >= 4 is 50.9 Å². The maximum Gasteiger partial charge on any atom is 0.228 e. The first-order valence-corrected chi connectivity index (χ1v) is 14.3. The van der Waals surface area contributed by atoms with Crippen LogP contribution in [0.1, 0.15) is 36.0 Å². The standard InChI is InChI=1S/C33H31ClN4O2/c1-21-10-11-30(27(34)16-21)38-20-22(17-31(38)39)32(40)37-14-12-33(13-15-37,25-18-35-28-8-4-2-6-23(25)28)26-19-36-29-9-5-3-7-24(26)29/h2-11,16,18-19,22,35-36H,12-15,17,20H2,1H3/t22-/m1/s1. The van der Waals surface area contributed by atoms with Crippen molar-refractivity contribution in [3.8, 4) is 0 Å². The first-order chi connectivity index (χ1) is 19.4. The second-order valence-electron chi connectivity index (χ2n) is 11.3. The first kappa shape index (κ1) is 25.0. The average Bonchev–Trinajstić information content (AvgIpc) is 3.70. The zero-order chi connectivity index (χ0) is 27.4. The number of nitrogens with one attached hydrogen (secondary N) is 2.